The van der Waals surface area contributed by atoms with Crippen LogP contribution in [0.1, 0.15) is 11.6 Å². The van der Waals surface area contributed by atoms with E-state index < -0.39 is 29.4 Å². The highest BCUT2D eigenvalue weighted by Crippen LogP contribution is 2.33. The highest BCUT2D eigenvalue weighted by molar-refractivity contribution is 5.91. The first-order valence-corrected chi connectivity index (χ1v) is 7.16. The monoisotopic (exact) mass is 332 g/mol. The summed E-state index contributed by atoms with van der Waals surface area (Å²) in [7, 11) is 0. The van der Waals surface area contributed by atoms with Gasteiger partial charge >= 0.3 is 0 Å². The average Bonchev–Trinajstić information content (AvgIpc) is 3.16. The van der Waals surface area contributed by atoms with E-state index >= 15 is 0 Å². The van der Waals surface area contributed by atoms with Gasteiger partial charge in [-0.1, -0.05) is 0 Å². The molecule has 1 saturated heterocycles. The first kappa shape index (κ1) is 14.6. The van der Waals surface area contributed by atoms with Crippen LogP contribution in [0.5, 0.6) is 0 Å². The Labute approximate surface area is 134 Å². The van der Waals surface area contributed by atoms with Gasteiger partial charge in [-0.2, -0.15) is 0 Å². The normalized spacial score (nSPS) is 17.5. The SMILES string of the molecule is O=C1NCN(c2ccc3[nH]cnc3c2)C1c1cc(F)cc(F)c1F. The lowest BCUT2D eigenvalue weighted by Gasteiger charge is -2.24. The van der Waals surface area contributed by atoms with E-state index in [0.717, 1.165) is 11.6 Å². The Kier molecular flexibility index (Phi) is 3.19. The van der Waals surface area contributed by atoms with Gasteiger partial charge in [0.1, 0.15) is 11.9 Å². The molecule has 0 radical (unpaired) electrons. The number of rotatable bonds is 2. The fourth-order valence-electron chi connectivity index (χ4n) is 2.92. The van der Waals surface area contributed by atoms with Gasteiger partial charge in [0.2, 0.25) is 5.91 Å². The molecule has 122 valence electrons. The third kappa shape index (κ3) is 2.18. The van der Waals surface area contributed by atoms with Crippen LogP contribution in [-0.4, -0.2) is 22.5 Å². The smallest absolute Gasteiger partial charge is 0.248 e. The highest BCUT2D eigenvalue weighted by atomic mass is 19.2. The Balaban J connectivity index is 1.82. The summed E-state index contributed by atoms with van der Waals surface area (Å²) in [5, 5.41) is 2.57. The Morgan fingerprint density at radius 3 is 2.83 bits per heavy atom. The van der Waals surface area contributed by atoms with E-state index in [9.17, 15) is 18.0 Å². The third-order valence-electron chi connectivity index (χ3n) is 4.04. The Morgan fingerprint density at radius 1 is 1.17 bits per heavy atom. The molecule has 1 fully saturated rings. The molecular weight excluding hydrogens is 321 g/mol. The van der Waals surface area contributed by atoms with E-state index in [4.69, 9.17) is 0 Å². The molecule has 2 N–H and O–H groups in total. The summed E-state index contributed by atoms with van der Waals surface area (Å²) in [5.74, 6) is -4.02. The number of imidazole rings is 1. The molecule has 5 nitrogen and oxygen atoms in total. The number of nitrogens with zero attached hydrogens (tertiary/aromatic N) is 2. The van der Waals surface area contributed by atoms with Gasteiger partial charge in [0.05, 0.1) is 24.0 Å². The lowest BCUT2D eigenvalue weighted by atomic mass is 10.0. The molecule has 0 saturated carbocycles. The molecule has 1 aliphatic heterocycles. The lowest BCUT2D eigenvalue weighted by Crippen LogP contribution is -2.26. The fourth-order valence-corrected chi connectivity index (χ4v) is 2.92. The van der Waals surface area contributed by atoms with E-state index in [1.807, 2.05) is 0 Å². The molecule has 0 aliphatic carbocycles. The zero-order chi connectivity index (χ0) is 16.8. The first-order chi connectivity index (χ1) is 11.5. The second-order valence-electron chi connectivity index (χ2n) is 5.47. The van der Waals surface area contributed by atoms with Crippen LogP contribution in [0.25, 0.3) is 11.0 Å². The molecule has 1 amide bonds. The zero-order valence-corrected chi connectivity index (χ0v) is 12.2. The number of nitrogens with one attached hydrogen (secondary N) is 2. The molecule has 1 atom stereocenters. The minimum absolute atomic E-state index is 0.0942. The van der Waals surface area contributed by atoms with Gasteiger partial charge in [0.15, 0.2) is 11.6 Å². The van der Waals surface area contributed by atoms with Crippen molar-refractivity contribution in [2.45, 2.75) is 6.04 Å². The minimum atomic E-state index is -1.33. The number of amides is 1. The average molecular weight is 332 g/mol. The number of carbonyl (C=O) groups is 1. The van der Waals surface area contributed by atoms with Crippen molar-refractivity contribution >= 4 is 22.6 Å². The van der Waals surface area contributed by atoms with Crippen LogP contribution in [0.3, 0.4) is 0 Å². The number of hydrogen-bond donors (Lipinski definition) is 2. The molecule has 2 aromatic carbocycles. The number of fused-ring (bicyclic) bond motifs is 1. The standard InChI is InChI=1S/C16H11F3N4O/c17-8-3-10(14(19)11(18)4-8)15-16(24)22-7-23(15)9-1-2-12-13(5-9)21-6-20-12/h1-6,15H,7H2,(H,20,21)(H,22,24). The molecule has 2 heterocycles. The first-order valence-electron chi connectivity index (χ1n) is 7.16. The van der Waals surface area contributed by atoms with Gasteiger partial charge < -0.3 is 15.2 Å². The van der Waals surface area contributed by atoms with E-state index in [-0.39, 0.29) is 12.2 Å². The van der Waals surface area contributed by atoms with Gasteiger partial charge in [-0.3, -0.25) is 4.79 Å². The maximum atomic E-state index is 14.1. The molecule has 1 aliphatic rings. The van der Waals surface area contributed by atoms with Crippen LogP contribution in [0, 0.1) is 17.5 Å². The maximum absolute atomic E-state index is 14.1. The van der Waals surface area contributed by atoms with Gasteiger partial charge in [0, 0.05) is 17.3 Å². The van der Waals surface area contributed by atoms with E-state index in [2.05, 4.69) is 15.3 Å². The van der Waals surface area contributed by atoms with Crippen molar-refractivity contribution in [1.82, 2.24) is 15.3 Å². The Morgan fingerprint density at radius 2 is 2.00 bits per heavy atom. The zero-order valence-electron chi connectivity index (χ0n) is 12.2. The van der Waals surface area contributed by atoms with Gasteiger partial charge in [-0.25, -0.2) is 18.2 Å². The van der Waals surface area contributed by atoms with Crippen molar-refractivity contribution in [2.24, 2.45) is 0 Å². The summed E-state index contributed by atoms with van der Waals surface area (Å²) in [6, 6.07) is 5.33. The van der Waals surface area contributed by atoms with Crippen LogP contribution in [0.4, 0.5) is 18.9 Å². The summed E-state index contributed by atoms with van der Waals surface area (Å²) in [4.78, 5) is 20.8. The second-order valence-corrected chi connectivity index (χ2v) is 5.47. The topological polar surface area (TPSA) is 61.0 Å². The van der Waals surface area contributed by atoms with Crippen LogP contribution >= 0.6 is 0 Å². The number of aromatic amines is 1. The van der Waals surface area contributed by atoms with Crippen LogP contribution in [-0.2, 0) is 4.79 Å². The number of anilines is 1. The number of aromatic nitrogens is 2. The van der Waals surface area contributed by atoms with Crippen molar-refractivity contribution in [3.05, 3.63) is 59.7 Å². The number of hydrogen-bond acceptors (Lipinski definition) is 3. The van der Waals surface area contributed by atoms with Crippen LogP contribution in [0.2, 0.25) is 0 Å². The molecule has 0 spiro atoms. The van der Waals surface area contributed by atoms with Crippen LogP contribution in [0.15, 0.2) is 36.7 Å². The van der Waals surface area contributed by atoms with Crippen molar-refractivity contribution < 1.29 is 18.0 Å². The second kappa shape index (κ2) is 5.26. The summed E-state index contributed by atoms with van der Waals surface area (Å²) in [5.41, 5.74) is 1.71. The number of H-pyrrole nitrogens is 1. The molecule has 3 aromatic rings. The van der Waals surface area contributed by atoms with Crippen molar-refractivity contribution in [1.29, 1.82) is 0 Å². The van der Waals surface area contributed by atoms with Crippen molar-refractivity contribution in [3.63, 3.8) is 0 Å². The van der Waals surface area contributed by atoms with E-state index in [1.54, 1.807) is 18.2 Å². The largest absolute Gasteiger partial charge is 0.345 e. The molecule has 8 heteroatoms. The third-order valence-corrected chi connectivity index (χ3v) is 4.04. The number of halogens is 3. The van der Waals surface area contributed by atoms with Gasteiger partial charge in [0.25, 0.3) is 0 Å². The maximum Gasteiger partial charge on any atom is 0.248 e. The Hall–Kier alpha value is -3.03. The van der Waals surface area contributed by atoms with Gasteiger partial charge in [-0.15, -0.1) is 0 Å². The molecule has 24 heavy (non-hydrogen) atoms. The van der Waals surface area contributed by atoms with Crippen molar-refractivity contribution in [2.75, 3.05) is 11.6 Å². The number of carbonyl (C=O) groups excluding carboxylic acids is 1. The summed E-state index contributed by atoms with van der Waals surface area (Å²) in [6.07, 6.45) is 1.53. The minimum Gasteiger partial charge on any atom is -0.345 e. The van der Waals surface area contributed by atoms with Crippen LogP contribution < -0.4 is 10.2 Å². The summed E-state index contributed by atoms with van der Waals surface area (Å²) < 4.78 is 41.2. The summed E-state index contributed by atoms with van der Waals surface area (Å²) in [6.45, 7) is 0.0942. The molecular formula is C16H11F3N4O. The summed E-state index contributed by atoms with van der Waals surface area (Å²) >= 11 is 0. The van der Waals surface area contributed by atoms with E-state index in [0.29, 0.717) is 17.3 Å². The molecule has 4 rings (SSSR count). The molecule has 0 bridgehead atoms. The fraction of sp³-hybridized carbons (Fsp3) is 0.125. The van der Waals surface area contributed by atoms with Gasteiger partial charge in [-0.05, 0) is 24.3 Å². The van der Waals surface area contributed by atoms with Crippen molar-refractivity contribution in [3.8, 4) is 0 Å². The molecule has 1 aromatic heterocycles. The quantitative estimate of drug-likeness (QED) is 0.709. The van der Waals surface area contributed by atoms with E-state index in [1.165, 1.54) is 11.2 Å². The predicted molar refractivity (Wildman–Crippen MR) is 80.6 cm³/mol. The highest BCUT2D eigenvalue weighted by Gasteiger charge is 2.37. The number of benzene rings is 2. The predicted octanol–water partition coefficient (Wildman–Crippen LogP) is 2.62. The molecule has 1 unspecified atom stereocenters. The Bertz CT molecular complexity index is 956. The lowest BCUT2D eigenvalue weighted by molar-refractivity contribution is -0.120.